The van der Waals surface area contributed by atoms with Crippen LogP contribution in [-0.2, 0) is 14.9 Å². The first kappa shape index (κ1) is 14.4. The van der Waals surface area contributed by atoms with Crippen molar-refractivity contribution in [3.05, 3.63) is 23.3 Å². The summed E-state index contributed by atoms with van der Waals surface area (Å²) in [6.07, 6.45) is 1.02. The maximum absolute atomic E-state index is 11.5. The van der Waals surface area contributed by atoms with Crippen molar-refractivity contribution >= 4 is 24.6 Å². The Balaban J connectivity index is 2.57. The zero-order chi connectivity index (χ0) is 14.0. The van der Waals surface area contributed by atoms with Crippen molar-refractivity contribution in [3.8, 4) is 0 Å². The molecule has 0 saturated carbocycles. The third kappa shape index (κ3) is 2.79. The number of aldehydes is 1. The Morgan fingerprint density at radius 1 is 1.32 bits per heavy atom. The van der Waals surface area contributed by atoms with Crippen molar-refractivity contribution in [2.45, 2.75) is 31.1 Å². The Morgan fingerprint density at radius 3 is 2.53 bits per heavy atom. The molecule has 0 spiro atoms. The molecule has 1 aliphatic heterocycles. The van der Waals surface area contributed by atoms with Crippen LogP contribution in [-0.4, -0.2) is 32.6 Å². The minimum absolute atomic E-state index is 0.504. The van der Waals surface area contributed by atoms with Gasteiger partial charge in [-0.05, 0) is 38.0 Å². The van der Waals surface area contributed by atoms with Crippen LogP contribution >= 0.6 is 12.6 Å². The number of anilines is 1. The standard InChI is InChI=1S/C15H21NO2S/c1-11-4-5-12(19)14(13(11)15(2,3)10-17)16-6-8-18-9-7-16/h4-5,10,19H,6-9H2,1-3H3. The van der Waals surface area contributed by atoms with Crippen LogP contribution in [0, 0.1) is 6.92 Å². The van der Waals surface area contributed by atoms with Gasteiger partial charge in [0.15, 0.2) is 0 Å². The van der Waals surface area contributed by atoms with Crippen LogP contribution in [0.5, 0.6) is 0 Å². The number of ether oxygens (including phenoxy) is 1. The van der Waals surface area contributed by atoms with E-state index in [0.29, 0.717) is 0 Å². The summed E-state index contributed by atoms with van der Waals surface area (Å²) in [4.78, 5) is 14.7. The number of nitrogens with zero attached hydrogens (tertiary/aromatic N) is 1. The third-order valence-corrected chi connectivity index (χ3v) is 3.99. The number of hydrogen-bond donors (Lipinski definition) is 1. The Bertz CT molecular complexity index is 479. The highest BCUT2D eigenvalue weighted by Gasteiger charge is 2.29. The molecule has 0 radical (unpaired) electrons. The largest absolute Gasteiger partial charge is 0.378 e. The first-order valence-electron chi connectivity index (χ1n) is 6.59. The number of carbonyl (C=O) groups is 1. The highest BCUT2D eigenvalue weighted by molar-refractivity contribution is 7.80. The smallest absolute Gasteiger partial charge is 0.130 e. The molecule has 0 bridgehead atoms. The highest BCUT2D eigenvalue weighted by atomic mass is 32.1. The van der Waals surface area contributed by atoms with Crippen LogP contribution in [0.3, 0.4) is 0 Å². The third-order valence-electron chi connectivity index (χ3n) is 3.63. The Kier molecular flexibility index (Phi) is 4.21. The predicted octanol–water partition coefficient (Wildman–Crippen LogP) is 2.60. The van der Waals surface area contributed by atoms with Gasteiger partial charge in [-0.1, -0.05) is 6.07 Å². The molecular weight excluding hydrogens is 258 g/mol. The molecule has 0 amide bonds. The van der Waals surface area contributed by atoms with Crippen molar-refractivity contribution in [3.63, 3.8) is 0 Å². The normalized spacial score (nSPS) is 16.5. The first-order chi connectivity index (χ1) is 8.97. The summed E-state index contributed by atoms with van der Waals surface area (Å²) in [6, 6.07) is 4.04. The van der Waals surface area contributed by atoms with Gasteiger partial charge >= 0.3 is 0 Å². The van der Waals surface area contributed by atoms with Crippen molar-refractivity contribution < 1.29 is 9.53 Å². The lowest BCUT2D eigenvalue weighted by atomic mass is 9.82. The molecule has 2 rings (SSSR count). The molecule has 0 unspecified atom stereocenters. The van der Waals surface area contributed by atoms with Gasteiger partial charge in [-0.25, -0.2) is 0 Å². The van der Waals surface area contributed by atoms with Gasteiger partial charge in [-0.15, -0.1) is 12.6 Å². The molecule has 0 atom stereocenters. The highest BCUT2D eigenvalue weighted by Crippen LogP contribution is 2.38. The SMILES string of the molecule is Cc1ccc(S)c(N2CCOCC2)c1C(C)(C)C=O. The van der Waals surface area contributed by atoms with Gasteiger partial charge in [0.25, 0.3) is 0 Å². The molecule has 0 aliphatic carbocycles. The molecule has 1 aromatic rings. The lowest BCUT2D eigenvalue weighted by Crippen LogP contribution is -2.38. The van der Waals surface area contributed by atoms with E-state index in [1.807, 2.05) is 26.0 Å². The molecule has 3 nitrogen and oxygen atoms in total. The molecule has 1 heterocycles. The Hall–Kier alpha value is -1.00. The number of thiol groups is 1. The summed E-state index contributed by atoms with van der Waals surface area (Å²) in [7, 11) is 0. The zero-order valence-corrected chi connectivity index (χ0v) is 12.7. The van der Waals surface area contributed by atoms with Crippen LogP contribution in [0.4, 0.5) is 5.69 Å². The fraction of sp³-hybridized carbons (Fsp3) is 0.533. The molecular formula is C15H21NO2S. The van der Waals surface area contributed by atoms with E-state index in [2.05, 4.69) is 24.5 Å². The second kappa shape index (κ2) is 5.55. The zero-order valence-electron chi connectivity index (χ0n) is 11.8. The number of benzene rings is 1. The number of morpholine rings is 1. The molecule has 104 valence electrons. The molecule has 1 saturated heterocycles. The molecule has 4 heteroatoms. The molecule has 19 heavy (non-hydrogen) atoms. The van der Waals surface area contributed by atoms with Crippen LogP contribution in [0.1, 0.15) is 25.0 Å². The van der Waals surface area contributed by atoms with E-state index in [1.165, 1.54) is 0 Å². The Labute approximate surface area is 120 Å². The summed E-state index contributed by atoms with van der Waals surface area (Å²) >= 11 is 4.60. The number of aryl methyl sites for hydroxylation is 1. The van der Waals surface area contributed by atoms with E-state index in [9.17, 15) is 4.79 Å². The minimum Gasteiger partial charge on any atom is -0.378 e. The van der Waals surface area contributed by atoms with E-state index in [1.54, 1.807) is 0 Å². The molecule has 1 fully saturated rings. The minimum atomic E-state index is -0.504. The molecule has 1 aliphatic rings. The van der Waals surface area contributed by atoms with E-state index in [4.69, 9.17) is 4.74 Å². The van der Waals surface area contributed by atoms with Gasteiger partial charge in [0.1, 0.15) is 6.29 Å². The van der Waals surface area contributed by atoms with E-state index < -0.39 is 5.41 Å². The molecule has 1 aromatic carbocycles. The summed E-state index contributed by atoms with van der Waals surface area (Å²) in [5, 5.41) is 0. The van der Waals surface area contributed by atoms with E-state index in [-0.39, 0.29) is 0 Å². The molecule has 0 N–H and O–H groups in total. The average molecular weight is 279 g/mol. The van der Waals surface area contributed by atoms with Gasteiger partial charge < -0.3 is 14.4 Å². The number of hydrogen-bond acceptors (Lipinski definition) is 4. The second-order valence-electron chi connectivity index (χ2n) is 5.56. The summed E-state index contributed by atoms with van der Waals surface area (Å²) < 4.78 is 5.41. The fourth-order valence-corrected chi connectivity index (χ4v) is 2.99. The van der Waals surface area contributed by atoms with Crippen molar-refractivity contribution in [2.24, 2.45) is 0 Å². The Morgan fingerprint density at radius 2 is 1.95 bits per heavy atom. The van der Waals surface area contributed by atoms with Crippen molar-refractivity contribution in [1.82, 2.24) is 0 Å². The van der Waals surface area contributed by atoms with Gasteiger partial charge in [-0.2, -0.15) is 0 Å². The van der Waals surface area contributed by atoms with Crippen LogP contribution in [0.25, 0.3) is 0 Å². The summed E-state index contributed by atoms with van der Waals surface area (Å²) in [5.41, 5.74) is 2.80. The second-order valence-corrected chi connectivity index (χ2v) is 6.05. The van der Waals surface area contributed by atoms with Crippen molar-refractivity contribution in [2.75, 3.05) is 31.2 Å². The van der Waals surface area contributed by atoms with Crippen LogP contribution in [0.2, 0.25) is 0 Å². The maximum atomic E-state index is 11.5. The van der Waals surface area contributed by atoms with Gasteiger partial charge in [0, 0.05) is 23.4 Å². The summed E-state index contributed by atoms with van der Waals surface area (Å²) in [5.74, 6) is 0. The summed E-state index contributed by atoms with van der Waals surface area (Å²) in [6.45, 7) is 9.11. The number of rotatable bonds is 3. The van der Waals surface area contributed by atoms with E-state index in [0.717, 1.165) is 54.3 Å². The van der Waals surface area contributed by atoms with Gasteiger partial charge in [-0.3, -0.25) is 0 Å². The fourth-order valence-electron chi connectivity index (χ4n) is 2.66. The van der Waals surface area contributed by atoms with Gasteiger partial charge in [0.2, 0.25) is 0 Å². The molecule has 0 aromatic heterocycles. The maximum Gasteiger partial charge on any atom is 0.130 e. The quantitative estimate of drug-likeness (QED) is 0.681. The lowest BCUT2D eigenvalue weighted by Gasteiger charge is -2.35. The van der Waals surface area contributed by atoms with Crippen molar-refractivity contribution in [1.29, 1.82) is 0 Å². The topological polar surface area (TPSA) is 29.5 Å². The van der Waals surface area contributed by atoms with Crippen LogP contribution < -0.4 is 4.90 Å². The van der Waals surface area contributed by atoms with Crippen LogP contribution in [0.15, 0.2) is 17.0 Å². The van der Waals surface area contributed by atoms with E-state index >= 15 is 0 Å². The predicted molar refractivity (Wildman–Crippen MR) is 80.6 cm³/mol. The monoisotopic (exact) mass is 279 g/mol. The average Bonchev–Trinajstić information content (AvgIpc) is 2.41. The first-order valence-corrected chi connectivity index (χ1v) is 7.04. The lowest BCUT2D eigenvalue weighted by molar-refractivity contribution is -0.111. The van der Waals surface area contributed by atoms with Gasteiger partial charge in [0.05, 0.1) is 18.9 Å². The number of carbonyl (C=O) groups excluding carboxylic acids is 1.